The highest BCUT2D eigenvalue weighted by molar-refractivity contribution is 6.33. The van der Waals surface area contributed by atoms with E-state index >= 15 is 0 Å². The lowest BCUT2D eigenvalue weighted by Gasteiger charge is -2.05. The molecule has 24 heavy (non-hydrogen) atoms. The van der Waals surface area contributed by atoms with Crippen LogP contribution in [0.15, 0.2) is 65.6 Å². The molecular weight excluding hydrogens is 329 g/mol. The van der Waals surface area contributed by atoms with Gasteiger partial charge in [-0.2, -0.15) is 0 Å². The largest absolute Gasteiger partial charge is 0.296 e. The molecule has 1 N–H and O–H groups in total. The molecule has 0 saturated carbocycles. The number of H-pyrrole nitrogens is 1. The molecule has 0 aliphatic carbocycles. The molecule has 0 bridgehead atoms. The fourth-order valence-corrected chi connectivity index (χ4v) is 2.94. The number of hydrogen-bond donors (Lipinski definition) is 1. The first-order valence-electron chi connectivity index (χ1n) is 7.26. The Hall–Kier alpha value is -2.92. The highest BCUT2D eigenvalue weighted by atomic mass is 35.5. The van der Waals surface area contributed by atoms with Crippen LogP contribution >= 0.6 is 11.6 Å². The van der Waals surface area contributed by atoms with E-state index in [1.165, 1.54) is 28.9 Å². The summed E-state index contributed by atoms with van der Waals surface area (Å²) >= 11 is 6.15. The number of benzene rings is 2. The van der Waals surface area contributed by atoms with Gasteiger partial charge in [0, 0.05) is 29.0 Å². The number of halogens is 2. The third kappa shape index (κ3) is 2.30. The third-order valence-electron chi connectivity index (χ3n) is 3.80. The van der Waals surface area contributed by atoms with Crippen molar-refractivity contribution in [1.82, 2.24) is 14.6 Å². The summed E-state index contributed by atoms with van der Waals surface area (Å²) in [6, 6.07) is 15.2. The van der Waals surface area contributed by atoms with Crippen LogP contribution in [0.25, 0.3) is 28.0 Å². The number of nitrogens with one attached hydrogen (secondary N) is 1. The Bertz CT molecular complexity index is 1080. The van der Waals surface area contributed by atoms with Gasteiger partial charge >= 0.3 is 0 Å². The highest BCUT2D eigenvalue weighted by Crippen LogP contribution is 2.32. The Morgan fingerprint density at radius 1 is 1.08 bits per heavy atom. The van der Waals surface area contributed by atoms with Gasteiger partial charge in [0.25, 0.3) is 5.56 Å². The predicted molar refractivity (Wildman–Crippen MR) is 91.7 cm³/mol. The van der Waals surface area contributed by atoms with Gasteiger partial charge in [0.05, 0.1) is 10.7 Å². The van der Waals surface area contributed by atoms with Gasteiger partial charge in [0.1, 0.15) is 5.82 Å². The molecule has 2 aromatic heterocycles. The van der Waals surface area contributed by atoms with Crippen LogP contribution in [0.2, 0.25) is 5.02 Å². The average molecular weight is 340 g/mol. The van der Waals surface area contributed by atoms with Crippen LogP contribution in [-0.2, 0) is 0 Å². The lowest BCUT2D eigenvalue weighted by atomic mass is 10.1. The maximum Gasteiger partial charge on any atom is 0.273 e. The van der Waals surface area contributed by atoms with E-state index in [0.29, 0.717) is 16.9 Å². The van der Waals surface area contributed by atoms with Crippen LogP contribution in [-0.4, -0.2) is 14.6 Å². The van der Waals surface area contributed by atoms with Crippen molar-refractivity contribution in [2.45, 2.75) is 0 Å². The Kier molecular flexibility index (Phi) is 3.43. The van der Waals surface area contributed by atoms with Gasteiger partial charge in [0.2, 0.25) is 0 Å². The van der Waals surface area contributed by atoms with Gasteiger partial charge in [-0.15, -0.1) is 0 Å². The second kappa shape index (κ2) is 5.62. The van der Waals surface area contributed by atoms with Crippen molar-refractivity contribution in [3.8, 4) is 22.4 Å². The summed E-state index contributed by atoms with van der Waals surface area (Å²) in [6.45, 7) is 0. The molecule has 0 fully saturated rings. The highest BCUT2D eigenvalue weighted by Gasteiger charge is 2.17. The molecule has 0 aliphatic heterocycles. The van der Waals surface area contributed by atoms with Crippen LogP contribution in [0.4, 0.5) is 4.39 Å². The number of rotatable bonds is 2. The summed E-state index contributed by atoms with van der Waals surface area (Å²) in [5.74, 6) is -0.469. The molecule has 0 amide bonds. The monoisotopic (exact) mass is 339 g/mol. The Labute approximate surface area is 141 Å². The van der Waals surface area contributed by atoms with Crippen LogP contribution in [0, 0.1) is 5.82 Å². The van der Waals surface area contributed by atoms with E-state index in [1.807, 2.05) is 30.3 Å². The quantitative estimate of drug-likeness (QED) is 0.596. The lowest BCUT2D eigenvalue weighted by molar-refractivity contribution is 0.631. The normalized spacial score (nSPS) is 11.1. The van der Waals surface area contributed by atoms with Crippen molar-refractivity contribution in [3.05, 3.63) is 82.0 Å². The zero-order chi connectivity index (χ0) is 16.7. The summed E-state index contributed by atoms with van der Waals surface area (Å²) in [4.78, 5) is 16.9. The molecule has 2 aromatic carbocycles. The molecular formula is C18H11ClFN3O. The minimum Gasteiger partial charge on any atom is -0.296 e. The number of aromatic amines is 1. The van der Waals surface area contributed by atoms with Crippen molar-refractivity contribution in [3.63, 3.8) is 0 Å². The maximum atomic E-state index is 14.3. The van der Waals surface area contributed by atoms with Gasteiger partial charge in [0.15, 0.2) is 5.65 Å². The van der Waals surface area contributed by atoms with Gasteiger partial charge in [-0.05, 0) is 12.1 Å². The second-order valence-corrected chi connectivity index (χ2v) is 5.70. The molecule has 0 unspecified atom stereocenters. The minimum atomic E-state index is -0.469. The average Bonchev–Trinajstić information content (AvgIpc) is 3.00. The number of fused-ring (bicyclic) bond motifs is 1. The molecule has 0 atom stereocenters. The summed E-state index contributed by atoms with van der Waals surface area (Å²) in [6.07, 6.45) is 1.53. The molecule has 2 heterocycles. The second-order valence-electron chi connectivity index (χ2n) is 5.29. The summed E-state index contributed by atoms with van der Waals surface area (Å²) in [7, 11) is 0. The van der Waals surface area contributed by atoms with E-state index in [-0.39, 0.29) is 16.1 Å². The number of aromatic nitrogens is 3. The zero-order valence-corrected chi connectivity index (χ0v) is 13.1. The fourth-order valence-electron chi connectivity index (χ4n) is 2.68. The molecule has 0 saturated heterocycles. The smallest absolute Gasteiger partial charge is 0.273 e. The Morgan fingerprint density at radius 2 is 1.88 bits per heavy atom. The number of nitrogens with zero attached hydrogens (tertiary/aromatic N) is 2. The van der Waals surface area contributed by atoms with Gasteiger partial charge in [-0.25, -0.2) is 13.9 Å². The van der Waals surface area contributed by atoms with E-state index in [0.717, 1.165) is 5.56 Å². The third-order valence-corrected chi connectivity index (χ3v) is 4.11. The maximum absolute atomic E-state index is 14.3. The van der Waals surface area contributed by atoms with Crippen molar-refractivity contribution >= 4 is 17.2 Å². The Balaban J connectivity index is 2.03. The van der Waals surface area contributed by atoms with Gasteiger partial charge < -0.3 is 0 Å². The minimum absolute atomic E-state index is 0.218. The molecule has 118 valence electrons. The van der Waals surface area contributed by atoms with E-state index in [4.69, 9.17) is 11.6 Å². The fraction of sp³-hybridized carbons (Fsp3) is 0. The van der Waals surface area contributed by atoms with Gasteiger partial charge in [-0.1, -0.05) is 48.0 Å². The molecule has 4 aromatic rings. The first-order chi connectivity index (χ1) is 11.6. The standard InChI is InChI=1S/C18H11ClFN3O/c19-13-7-4-8-14(20)17(13)12-10-21-23-16(24)9-15(22-18(12)23)11-5-2-1-3-6-11/h1-10,21H. The molecule has 0 aliphatic rings. The molecule has 4 rings (SSSR count). The summed E-state index contributed by atoms with van der Waals surface area (Å²) in [5, 5.41) is 3.06. The summed E-state index contributed by atoms with van der Waals surface area (Å²) in [5.41, 5.74) is 2.03. The van der Waals surface area contributed by atoms with E-state index in [9.17, 15) is 9.18 Å². The predicted octanol–water partition coefficient (Wildman–Crippen LogP) is 4.15. The first kappa shape index (κ1) is 14.7. The SMILES string of the molecule is O=c1cc(-c2ccccc2)nc2c(-c3c(F)cccc3Cl)c[nH]n12. The van der Waals surface area contributed by atoms with E-state index in [2.05, 4.69) is 10.1 Å². The van der Waals surface area contributed by atoms with Crippen LogP contribution in [0.1, 0.15) is 0 Å². The van der Waals surface area contributed by atoms with Crippen LogP contribution in [0.3, 0.4) is 0 Å². The molecule has 0 spiro atoms. The zero-order valence-electron chi connectivity index (χ0n) is 12.3. The van der Waals surface area contributed by atoms with Crippen molar-refractivity contribution < 1.29 is 4.39 Å². The lowest BCUT2D eigenvalue weighted by Crippen LogP contribution is -2.14. The molecule has 4 nitrogen and oxygen atoms in total. The van der Waals surface area contributed by atoms with Crippen LogP contribution in [0.5, 0.6) is 0 Å². The Morgan fingerprint density at radius 3 is 2.62 bits per heavy atom. The van der Waals surface area contributed by atoms with Crippen molar-refractivity contribution in [2.24, 2.45) is 0 Å². The molecule has 6 heteroatoms. The molecule has 0 radical (unpaired) electrons. The van der Waals surface area contributed by atoms with E-state index < -0.39 is 5.82 Å². The topological polar surface area (TPSA) is 50.2 Å². The van der Waals surface area contributed by atoms with E-state index in [1.54, 1.807) is 6.07 Å². The number of hydrogen-bond acceptors (Lipinski definition) is 2. The van der Waals surface area contributed by atoms with Crippen LogP contribution < -0.4 is 5.56 Å². The summed E-state index contributed by atoms with van der Waals surface area (Å²) < 4.78 is 15.5. The van der Waals surface area contributed by atoms with Crippen molar-refractivity contribution in [1.29, 1.82) is 0 Å². The van der Waals surface area contributed by atoms with Crippen molar-refractivity contribution in [2.75, 3.05) is 0 Å². The first-order valence-corrected chi connectivity index (χ1v) is 7.64. The van der Waals surface area contributed by atoms with Gasteiger partial charge in [-0.3, -0.25) is 9.89 Å².